The average Bonchev–Trinajstić information content (AvgIpc) is 2.67. The predicted molar refractivity (Wildman–Crippen MR) is 103 cm³/mol. The summed E-state index contributed by atoms with van der Waals surface area (Å²) < 4.78 is 5.71. The lowest BCUT2D eigenvalue weighted by Crippen LogP contribution is -2.25. The zero-order valence-electron chi connectivity index (χ0n) is 15.8. The van der Waals surface area contributed by atoms with Crippen molar-refractivity contribution in [2.75, 3.05) is 6.61 Å². The third kappa shape index (κ3) is 4.55. The van der Waals surface area contributed by atoms with Crippen LogP contribution in [-0.2, 0) is 0 Å². The molecule has 0 amide bonds. The van der Waals surface area contributed by atoms with E-state index in [-0.39, 0.29) is 0 Å². The first-order chi connectivity index (χ1) is 11.8. The highest BCUT2D eigenvalue weighted by Crippen LogP contribution is 2.44. The molecule has 0 radical (unpaired) electrons. The Morgan fingerprint density at radius 2 is 1.38 bits per heavy atom. The second-order valence-electron chi connectivity index (χ2n) is 8.22. The second kappa shape index (κ2) is 8.92. The van der Waals surface area contributed by atoms with Crippen molar-refractivity contribution < 1.29 is 4.74 Å². The van der Waals surface area contributed by atoms with Gasteiger partial charge in [-0.1, -0.05) is 45.2 Å². The van der Waals surface area contributed by atoms with Crippen molar-refractivity contribution in [2.24, 2.45) is 17.8 Å². The normalized spacial score (nSPS) is 30.9. The molecule has 24 heavy (non-hydrogen) atoms. The average molecular weight is 329 g/mol. The standard InChI is InChI=1S/C23H36O/c1-3-17-24-23-15-13-22(14-16-23)21-11-9-20(10-12-21)19-7-5-18(4-2)6-8-19/h13-16,18-21H,3-12,17H2,1-2H3/t18-,19-,20-,21-. The van der Waals surface area contributed by atoms with Crippen LogP contribution in [0.2, 0.25) is 0 Å². The smallest absolute Gasteiger partial charge is 0.119 e. The molecule has 1 heteroatoms. The number of ether oxygens (including phenoxy) is 1. The van der Waals surface area contributed by atoms with E-state index in [1.807, 2.05) is 0 Å². The van der Waals surface area contributed by atoms with Gasteiger partial charge in [0.15, 0.2) is 0 Å². The highest BCUT2D eigenvalue weighted by atomic mass is 16.5. The quantitative estimate of drug-likeness (QED) is 0.548. The fraction of sp³-hybridized carbons (Fsp3) is 0.739. The van der Waals surface area contributed by atoms with Crippen molar-refractivity contribution in [1.29, 1.82) is 0 Å². The Morgan fingerprint density at radius 3 is 1.92 bits per heavy atom. The highest BCUT2D eigenvalue weighted by Gasteiger charge is 2.30. The first kappa shape index (κ1) is 17.8. The molecular weight excluding hydrogens is 292 g/mol. The third-order valence-electron chi connectivity index (χ3n) is 6.73. The van der Waals surface area contributed by atoms with Crippen LogP contribution < -0.4 is 4.74 Å². The van der Waals surface area contributed by atoms with Gasteiger partial charge in [-0.2, -0.15) is 0 Å². The topological polar surface area (TPSA) is 9.23 Å². The molecule has 0 heterocycles. The maximum Gasteiger partial charge on any atom is 0.119 e. The van der Waals surface area contributed by atoms with Crippen LogP contribution in [0.15, 0.2) is 24.3 Å². The van der Waals surface area contributed by atoms with Gasteiger partial charge in [0.1, 0.15) is 5.75 Å². The molecule has 0 spiro atoms. The maximum absolute atomic E-state index is 5.71. The van der Waals surface area contributed by atoms with Crippen LogP contribution in [0.25, 0.3) is 0 Å². The van der Waals surface area contributed by atoms with Gasteiger partial charge in [-0.25, -0.2) is 0 Å². The molecule has 0 aliphatic heterocycles. The summed E-state index contributed by atoms with van der Waals surface area (Å²) in [5.74, 6) is 4.91. The fourth-order valence-corrected chi connectivity index (χ4v) is 5.05. The summed E-state index contributed by atoms with van der Waals surface area (Å²) in [7, 11) is 0. The van der Waals surface area contributed by atoms with Crippen molar-refractivity contribution in [1.82, 2.24) is 0 Å². The Labute approximate surface area is 149 Å². The highest BCUT2D eigenvalue weighted by molar-refractivity contribution is 5.29. The fourth-order valence-electron chi connectivity index (χ4n) is 5.05. The molecule has 2 saturated carbocycles. The summed E-state index contributed by atoms with van der Waals surface area (Å²) in [5.41, 5.74) is 1.53. The first-order valence-corrected chi connectivity index (χ1v) is 10.5. The molecule has 0 atom stereocenters. The van der Waals surface area contributed by atoms with E-state index in [0.29, 0.717) is 0 Å². The molecule has 0 unspecified atom stereocenters. The Morgan fingerprint density at radius 1 is 0.792 bits per heavy atom. The van der Waals surface area contributed by atoms with Crippen LogP contribution in [-0.4, -0.2) is 6.61 Å². The van der Waals surface area contributed by atoms with E-state index in [1.54, 1.807) is 0 Å². The van der Waals surface area contributed by atoms with E-state index in [1.165, 1.54) is 63.4 Å². The van der Waals surface area contributed by atoms with E-state index in [4.69, 9.17) is 4.74 Å². The predicted octanol–water partition coefficient (Wildman–Crippen LogP) is 6.97. The van der Waals surface area contributed by atoms with Crippen LogP contribution in [0, 0.1) is 17.8 Å². The van der Waals surface area contributed by atoms with Crippen molar-refractivity contribution in [3.8, 4) is 5.75 Å². The van der Waals surface area contributed by atoms with E-state index < -0.39 is 0 Å². The minimum atomic E-state index is 0.786. The largest absolute Gasteiger partial charge is 0.494 e. The second-order valence-corrected chi connectivity index (χ2v) is 8.22. The lowest BCUT2D eigenvalue weighted by Gasteiger charge is -2.38. The number of hydrogen-bond acceptors (Lipinski definition) is 1. The van der Waals surface area contributed by atoms with Crippen LogP contribution in [0.1, 0.15) is 89.5 Å². The van der Waals surface area contributed by atoms with Crippen LogP contribution in [0.5, 0.6) is 5.75 Å². The van der Waals surface area contributed by atoms with E-state index in [9.17, 15) is 0 Å². The maximum atomic E-state index is 5.71. The minimum absolute atomic E-state index is 0.786. The molecule has 0 N–H and O–H groups in total. The van der Waals surface area contributed by atoms with Crippen LogP contribution in [0.3, 0.4) is 0 Å². The molecule has 2 aliphatic carbocycles. The molecule has 0 bridgehead atoms. The summed E-state index contributed by atoms with van der Waals surface area (Å²) in [6.45, 7) is 5.35. The zero-order valence-corrected chi connectivity index (χ0v) is 15.8. The lowest BCUT2D eigenvalue weighted by atomic mass is 9.68. The lowest BCUT2D eigenvalue weighted by molar-refractivity contribution is 0.158. The Balaban J connectivity index is 1.46. The first-order valence-electron chi connectivity index (χ1n) is 10.5. The Bertz CT molecular complexity index is 461. The molecule has 0 aromatic heterocycles. The summed E-state index contributed by atoms with van der Waals surface area (Å²) in [6.07, 6.45) is 14.2. The zero-order chi connectivity index (χ0) is 16.8. The van der Waals surface area contributed by atoms with Gasteiger partial charge in [-0.05, 0) is 86.3 Å². The van der Waals surface area contributed by atoms with Crippen molar-refractivity contribution >= 4 is 0 Å². The van der Waals surface area contributed by atoms with Crippen LogP contribution >= 0.6 is 0 Å². The SMILES string of the molecule is CCCOc1ccc([C@H]2CC[C@H]([C@H]3CC[C@H](CC)CC3)CC2)cc1. The van der Waals surface area contributed by atoms with Gasteiger partial charge in [0.25, 0.3) is 0 Å². The monoisotopic (exact) mass is 328 g/mol. The van der Waals surface area contributed by atoms with Crippen LogP contribution in [0.4, 0.5) is 0 Å². The minimum Gasteiger partial charge on any atom is -0.494 e. The summed E-state index contributed by atoms with van der Waals surface area (Å²) in [5, 5.41) is 0. The molecule has 3 rings (SSSR count). The van der Waals surface area contributed by atoms with E-state index >= 15 is 0 Å². The summed E-state index contributed by atoms with van der Waals surface area (Å²) >= 11 is 0. The Hall–Kier alpha value is -0.980. The number of hydrogen-bond donors (Lipinski definition) is 0. The molecule has 2 aliphatic rings. The van der Waals surface area contributed by atoms with Gasteiger partial charge in [-0.15, -0.1) is 0 Å². The molecule has 1 nitrogen and oxygen atoms in total. The molecule has 2 fully saturated rings. The van der Waals surface area contributed by atoms with Crippen molar-refractivity contribution in [3.63, 3.8) is 0 Å². The number of rotatable bonds is 6. The van der Waals surface area contributed by atoms with Crippen molar-refractivity contribution in [2.45, 2.75) is 84.0 Å². The van der Waals surface area contributed by atoms with Gasteiger partial charge in [0.2, 0.25) is 0 Å². The van der Waals surface area contributed by atoms with Gasteiger partial charge in [0, 0.05) is 0 Å². The van der Waals surface area contributed by atoms with Gasteiger partial charge in [0.05, 0.1) is 6.61 Å². The molecule has 1 aromatic rings. The van der Waals surface area contributed by atoms with E-state index in [0.717, 1.165) is 42.4 Å². The Kier molecular flexibility index (Phi) is 6.63. The van der Waals surface area contributed by atoms with Gasteiger partial charge in [-0.3, -0.25) is 0 Å². The van der Waals surface area contributed by atoms with Gasteiger partial charge >= 0.3 is 0 Å². The van der Waals surface area contributed by atoms with E-state index in [2.05, 4.69) is 38.1 Å². The summed E-state index contributed by atoms with van der Waals surface area (Å²) in [4.78, 5) is 0. The molecular formula is C23H36O. The number of benzene rings is 1. The summed E-state index contributed by atoms with van der Waals surface area (Å²) in [6, 6.07) is 8.96. The molecule has 0 saturated heterocycles. The van der Waals surface area contributed by atoms with Crippen molar-refractivity contribution in [3.05, 3.63) is 29.8 Å². The van der Waals surface area contributed by atoms with Gasteiger partial charge < -0.3 is 4.74 Å². The molecule has 134 valence electrons. The third-order valence-corrected chi connectivity index (χ3v) is 6.73. The molecule has 1 aromatic carbocycles.